The number of imidazole rings is 1. The number of hydrogen-bond acceptors (Lipinski definition) is 3. The van der Waals surface area contributed by atoms with Crippen LogP contribution in [0.4, 0.5) is 13.2 Å². The maximum atomic E-state index is 12.5. The van der Waals surface area contributed by atoms with Crippen molar-refractivity contribution < 1.29 is 18.0 Å². The van der Waals surface area contributed by atoms with Crippen molar-refractivity contribution in [3.05, 3.63) is 63.9 Å². The van der Waals surface area contributed by atoms with E-state index in [2.05, 4.69) is 20.5 Å². The van der Waals surface area contributed by atoms with Crippen molar-refractivity contribution in [1.82, 2.24) is 15.4 Å². The molecule has 0 radical (unpaired) electrons. The standard InChI is InChI=1S/C16H11F3N4OS/c17-16(18,19)11-4-1-9(2-5-11)8-20-23-14(24)10-3-6-12-13(7-10)22-15(25)21-12/h1-8H,(H,23,24)(H2,21,22,25)/b20-8-. The minimum Gasteiger partial charge on any atom is -0.331 e. The number of benzene rings is 2. The molecule has 128 valence electrons. The fourth-order valence-electron chi connectivity index (χ4n) is 2.16. The SMILES string of the molecule is O=C(N/N=C\c1ccc(C(F)(F)F)cc1)c1ccc2[nH]c(=S)[nH]c2c1. The summed E-state index contributed by atoms with van der Waals surface area (Å²) in [4.78, 5) is 17.9. The quantitative estimate of drug-likeness (QED) is 0.373. The van der Waals surface area contributed by atoms with Gasteiger partial charge in [-0.25, -0.2) is 5.43 Å². The summed E-state index contributed by atoms with van der Waals surface area (Å²) in [6.45, 7) is 0. The van der Waals surface area contributed by atoms with Crippen LogP contribution in [0.2, 0.25) is 0 Å². The van der Waals surface area contributed by atoms with Crippen LogP contribution in [0.3, 0.4) is 0 Å². The van der Waals surface area contributed by atoms with Crippen LogP contribution in [-0.2, 0) is 6.18 Å². The molecule has 0 aliphatic rings. The molecule has 3 aromatic rings. The van der Waals surface area contributed by atoms with Crippen molar-refractivity contribution in [3.63, 3.8) is 0 Å². The Kier molecular flexibility index (Phi) is 4.41. The van der Waals surface area contributed by atoms with Crippen LogP contribution in [0.25, 0.3) is 11.0 Å². The molecule has 2 aromatic carbocycles. The van der Waals surface area contributed by atoms with E-state index >= 15 is 0 Å². The molecular weight excluding hydrogens is 353 g/mol. The zero-order chi connectivity index (χ0) is 18.0. The Balaban J connectivity index is 1.68. The summed E-state index contributed by atoms with van der Waals surface area (Å²) in [5, 5.41) is 3.75. The highest BCUT2D eigenvalue weighted by molar-refractivity contribution is 7.71. The molecule has 5 nitrogen and oxygen atoms in total. The summed E-state index contributed by atoms with van der Waals surface area (Å²) < 4.78 is 37.9. The number of hydrogen-bond donors (Lipinski definition) is 3. The van der Waals surface area contributed by atoms with E-state index in [-0.39, 0.29) is 0 Å². The molecule has 0 aliphatic carbocycles. The van der Waals surface area contributed by atoms with Gasteiger partial charge in [0.05, 0.1) is 22.8 Å². The molecule has 0 aliphatic heterocycles. The third-order valence-corrected chi connectivity index (χ3v) is 3.60. The van der Waals surface area contributed by atoms with Gasteiger partial charge in [-0.05, 0) is 48.1 Å². The number of aromatic nitrogens is 2. The molecule has 3 rings (SSSR count). The van der Waals surface area contributed by atoms with Gasteiger partial charge in [0.1, 0.15) is 0 Å². The van der Waals surface area contributed by atoms with Crippen LogP contribution in [0, 0.1) is 4.77 Å². The number of aromatic amines is 2. The molecule has 0 bridgehead atoms. The molecule has 3 N–H and O–H groups in total. The topological polar surface area (TPSA) is 73.0 Å². The van der Waals surface area contributed by atoms with E-state index in [9.17, 15) is 18.0 Å². The number of nitrogens with zero attached hydrogens (tertiary/aromatic N) is 1. The number of fused-ring (bicyclic) bond motifs is 1. The second-order valence-corrected chi connectivity index (χ2v) is 5.57. The van der Waals surface area contributed by atoms with Gasteiger partial charge >= 0.3 is 6.18 Å². The number of amides is 1. The first-order chi connectivity index (χ1) is 11.8. The van der Waals surface area contributed by atoms with Gasteiger partial charge in [0, 0.05) is 5.56 Å². The lowest BCUT2D eigenvalue weighted by Gasteiger charge is -2.05. The summed E-state index contributed by atoms with van der Waals surface area (Å²) in [6, 6.07) is 9.36. The molecule has 1 heterocycles. The molecule has 0 unspecified atom stereocenters. The van der Waals surface area contributed by atoms with Crippen molar-refractivity contribution >= 4 is 35.4 Å². The minimum absolute atomic E-state index is 0.363. The van der Waals surface area contributed by atoms with E-state index in [4.69, 9.17) is 12.2 Å². The highest BCUT2D eigenvalue weighted by Crippen LogP contribution is 2.28. The fourth-order valence-corrected chi connectivity index (χ4v) is 2.38. The Bertz CT molecular complexity index is 1000. The third-order valence-electron chi connectivity index (χ3n) is 3.40. The molecule has 0 atom stereocenters. The average molecular weight is 364 g/mol. The molecule has 0 fully saturated rings. The lowest BCUT2D eigenvalue weighted by atomic mass is 10.1. The molecule has 1 aromatic heterocycles. The molecule has 0 saturated carbocycles. The molecule has 0 saturated heterocycles. The first-order valence-electron chi connectivity index (χ1n) is 7.06. The van der Waals surface area contributed by atoms with Gasteiger partial charge < -0.3 is 9.97 Å². The van der Waals surface area contributed by atoms with Crippen molar-refractivity contribution in [2.24, 2.45) is 5.10 Å². The highest BCUT2D eigenvalue weighted by atomic mass is 32.1. The monoisotopic (exact) mass is 364 g/mol. The summed E-state index contributed by atoms with van der Waals surface area (Å²) in [5.41, 5.74) is 3.83. The van der Waals surface area contributed by atoms with Crippen LogP contribution < -0.4 is 5.43 Å². The number of hydrazone groups is 1. The number of carbonyl (C=O) groups is 1. The summed E-state index contributed by atoms with van der Waals surface area (Å²) in [6.07, 6.45) is -3.12. The number of nitrogens with one attached hydrogen (secondary N) is 3. The number of rotatable bonds is 3. The molecule has 0 spiro atoms. The lowest BCUT2D eigenvalue weighted by molar-refractivity contribution is -0.137. The fraction of sp³-hybridized carbons (Fsp3) is 0.0625. The summed E-state index contributed by atoms with van der Waals surface area (Å²) in [7, 11) is 0. The number of alkyl halides is 3. The van der Waals surface area contributed by atoms with Crippen LogP contribution in [0.5, 0.6) is 0 Å². The first kappa shape index (κ1) is 16.9. The van der Waals surface area contributed by atoms with Crippen molar-refractivity contribution in [2.45, 2.75) is 6.18 Å². The van der Waals surface area contributed by atoms with E-state index in [1.54, 1.807) is 18.2 Å². The smallest absolute Gasteiger partial charge is 0.331 e. The summed E-state index contributed by atoms with van der Waals surface area (Å²) in [5.74, 6) is -0.453. The Hall–Kier alpha value is -2.94. The van der Waals surface area contributed by atoms with Crippen LogP contribution >= 0.6 is 12.2 Å². The van der Waals surface area contributed by atoms with Gasteiger partial charge in [-0.1, -0.05) is 12.1 Å². The van der Waals surface area contributed by atoms with Crippen LogP contribution in [-0.4, -0.2) is 22.1 Å². The zero-order valence-corrected chi connectivity index (χ0v) is 13.3. The predicted molar refractivity (Wildman–Crippen MR) is 90.0 cm³/mol. The van der Waals surface area contributed by atoms with Crippen molar-refractivity contribution in [3.8, 4) is 0 Å². The summed E-state index contributed by atoms with van der Waals surface area (Å²) >= 11 is 4.97. The molecule has 25 heavy (non-hydrogen) atoms. The average Bonchev–Trinajstić information content (AvgIpc) is 2.93. The lowest BCUT2D eigenvalue weighted by Crippen LogP contribution is -2.17. The van der Waals surface area contributed by atoms with E-state index in [0.29, 0.717) is 21.4 Å². The number of halogens is 3. The normalized spacial score (nSPS) is 12.0. The zero-order valence-electron chi connectivity index (χ0n) is 12.5. The van der Waals surface area contributed by atoms with Crippen LogP contribution in [0.15, 0.2) is 47.6 Å². The largest absolute Gasteiger partial charge is 0.416 e. The Morgan fingerprint density at radius 1 is 1.08 bits per heavy atom. The van der Waals surface area contributed by atoms with Gasteiger partial charge in [-0.15, -0.1) is 0 Å². The van der Waals surface area contributed by atoms with E-state index < -0.39 is 17.6 Å². The predicted octanol–water partition coefficient (Wildman–Crippen LogP) is 4.01. The first-order valence-corrected chi connectivity index (χ1v) is 7.46. The van der Waals surface area contributed by atoms with Crippen molar-refractivity contribution in [2.75, 3.05) is 0 Å². The second-order valence-electron chi connectivity index (χ2n) is 5.16. The Morgan fingerprint density at radius 2 is 1.76 bits per heavy atom. The van der Waals surface area contributed by atoms with E-state index in [1.807, 2.05) is 0 Å². The number of H-pyrrole nitrogens is 2. The minimum atomic E-state index is -4.39. The second kappa shape index (κ2) is 6.52. The molecule has 9 heteroatoms. The Labute approximate surface area is 144 Å². The van der Waals surface area contributed by atoms with Gasteiger partial charge in [0.25, 0.3) is 5.91 Å². The maximum Gasteiger partial charge on any atom is 0.416 e. The van der Waals surface area contributed by atoms with E-state index in [0.717, 1.165) is 17.6 Å². The Morgan fingerprint density at radius 3 is 2.44 bits per heavy atom. The third kappa shape index (κ3) is 3.94. The van der Waals surface area contributed by atoms with Gasteiger partial charge in [0.15, 0.2) is 4.77 Å². The van der Waals surface area contributed by atoms with Crippen LogP contribution in [0.1, 0.15) is 21.5 Å². The van der Waals surface area contributed by atoms with Crippen molar-refractivity contribution in [1.29, 1.82) is 0 Å². The van der Waals surface area contributed by atoms with Gasteiger partial charge in [0.2, 0.25) is 0 Å². The molecular formula is C16H11F3N4OS. The van der Waals surface area contributed by atoms with E-state index in [1.165, 1.54) is 18.3 Å². The molecule has 1 amide bonds. The maximum absolute atomic E-state index is 12.5. The highest BCUT2D eigenvalue weighted by Gasteiger charge is 2.29. The van der Waals surface area contributed by atoms with Gasteiger partial charge in [-0.3, -0.25) is 4.79 Å². The van der Waals surface area contributed by atoms with Gasteiger partial charge in [-0.2, -0.15) is 18.3 Å². The number of carbonyl (C=O) groups excluding carboxylic acids is 1.